The molecule has 2 rings (SSSR count). The molecule has 3 nitrogen and oxygen atoms in total. The number of benzene rings is 1. The number of halogens is 1. The molecule has 19 heavy (non-hydrogen) atoms. The van der Waals surface area contributed by atoms with E-state index in [0.717, 1.165) is 24.7 Å². The molecule has 1 saturated heterocycles. The lowest BCUT2D eigenvalue weighted by Gasteiger charge is -2.19. The fraction of sp³-hybridized carbons (Fsp3) is 0.600. The Morgan fingerprint density at radius 3 is 2.42 bits per heavy atom. The summed E-state index contributed by atoms with van der Waals surface area (Å²) in [7, 11) is 1.68. The molecule has 0 atom stereocenters. The fourth-order valence-corrected chi connectivity index (χ4v) is 2.34. The molecule has 4 heteroatoms. The Balaban J connectivity index is 0.00000180. The molecular formula is C15H24ClNO2. The van der Waals surface area contributed by atoms with E-state index in [4.69, 9.17) is 9.47 Å². The minimum atomic E-state index is 0. The van der Waals surface area contributed by atoms with Gasteiger partial charge in [-0.15, -0.1) is 12.4 Å². The third-order valence-electron chi connectivity index (χ3n) is 3.42. The topological polar surface area (TPSA) is 21.7 Å². The Bertz CT molecular complexity index is 352. The van der Waals surface area contributed by atoms with Gasteiger partial charge in [0.25, 0.3) is 0 Å². The van der Waals surface area contributed by atoms with Crippen molar-refractivity contribution in [2.24, 2.45) is 0 Å². The summed E-state index contributed by atoms with van der Waals surface area (Å²) in [4.78, 5) is 2.51. The van der Waals surface area contributed by atoms with Gasteiger partial charge in [-0.2, -0.15) is 0 Å². The van der Waals surface area contributed by atoms with Gasteiger partial charge in [0.05, 0.1) is 7.11 Å². The van der Waals surface area contributed by atoms with Gasteiger partial charge < -0.3 is 9.47 Å². The summed E-state index contributed by atoms with van der Waals surface area (Å²) in [6.45, 7) is 4.23. The highest BCUT2D eigenvalue weighted by atomic mass is 35.5. The molecule has 1 heterocycles. The van der Waals surface area contributed by atoms with Crippen molar-refractivity contribution in [2.75, 3.05) is 33.4 Å². The quantitative estimate of drug-likeness (QED) is 0.828. The zero-order valence-electron chi connectivity index (χ0n) is 11.6. The summed E-state index contributed by atoms with van der Waals surface area (Å²) >= 11 is 0. The van der Waals surface area contributed by atoms with E-state index in [9.17, 15) is 0 Å². The fourth-order valence-electron chi connectivity index (χ4n) is 2.34. The predicted molar refractivity (Wildman–Crippen MR) is 80.6 cm³/mol. The van der Waals surface area contributed by atoms with Crippen LogP contribution in [0.4, 0.5) is 0 Å². The number of rotatable bonds is 5. The van der Waals surface area contributed by atoms with Gasteiger partial charge in [0.15, 0.2) is 0 Å². The third-order valence-corrected chi connectivity index (χ3v) is 3.42. The van der Waals surface area contributed by atoms with Gasteiger partial charge in [0.1, 0.15) is 18.1 Å². The van der Waals surface area contributed by atoms with Crippen LogP contribution in [0.2, 0.25) is 0 Å². The number of ether oxygens (including phenoxy) is 2. The largest absolute Gasteiger partial charge is 0.497 e. The van der Waals surface area contributed by atoms with Crippen molar-refractivity contribution < 1.29 is 9.47 Å². The molecule has 0 bridgehead atoms. The molecule has 1 fully saturated rings. The number of hydrogen-bond acceptors (Lipinski definition) is 3. The monoisotopic (exact) mass is 285 g/mol. The van der Waals surface area contributed by atoms with E-state index in [0.29, 0.717) is 0 Å². The Morgan fingerprint density at radius 2 is 1.74 bits per heavy atom. The number of hydrogen-bond donors (Lipinski definition) is 0. The maximum Gasteiger partial charge on any atom is 0.123 e. The van der Waals surface area contributed by atoms with Crippen LogP contribution in [0, 0.1) is 0 Å². The van der Waals surface area contributed by atoms with Crippen LogP contribution in [0.3, 0.4) is 0 Å². The predicted octanol–water partition coefficient (Wildman–Crippen LogP) is 3.37. The minimum absolute atomic E-state index is 0. The van der Waals surface area contributed by atoms with Gasteiger partial charge in [-0.25, -0.2) is 0 Å². The first-order chi connectivity index (χ1) is 8.88. The van der Waals surface area contributed by atoms with Gasteiger partial charge >= 0.3 is 0 Å². The summed E-state index contributed by atoms with van der Waals surface area (Å²) < 4.78 is 10.9. The smallest absolute Gasteiger partial charge is 0.123 e. The molecule has 1 aliphatic heterocycles. The van der Waals surface area contributed by atoms with Crippen molar-refractivity contribution in [3.05, 3.63) is 24.3 Å². The molecule has 0 amide bonds. The Kier molecular flexibility index (Phi) is 7.68. The first-order valence-electron chi connectivity index (χ1n) is 6.88. The molecule has 108 valence electrons. The Morgan fingerprint density at radius 1 is 1.05 bits per heavy atom. The van der Waals surface area contributed by atoms with Crippen molar-refractivity contribution in [1.82, 2.24) is 4.90 Å². The SMILES string of the molecule is COc1cccc(OCCN2CCCCCC2)c1.Cl. The standard InChI is InChI=1S/C15H23NO2.ClH/c1-17-14-7-6-8-15(13-14)18-12-11-16-9-4-2-3-5-10-16;/h6-8,13H,2-5,9-12H2,1H3;1H. The molecule has 1 aliphatic rings. The van der Waals surface area contributed by atoms with Crippen molar-refractivity contribution >= 4 is 12.4 Å². The second-order valence-corrected chi connectivity index (χ2v) is 4.78. The summed E-state index contributed by atoms with van der Waals surface area (Å²) in [5.41, 5.74) is 0. The van der Waals surface area contributed by atoms with Crippen molar-refractivity contribution in [2.45, 2.75) is 25.7 Å². The second kappa shape index (κ2) is 9.05. The number of methoxy groups -OCH3 is 1. The van der Waals surface area contributed by atoms with Crippen molar-refractivity contribution in [1.29, 1.82) is 0 Å². The number of nitrogens with zero attached hydrogens (tertiary/aromatic N) is 1. The Labute approximate surface area is 122 Å². The number of likely N-dealkylation sites (tertiary alicyclic amines) is 1. The van der Waals surface area contributed by atoms with Gasteiger partial charge in [-0.1, -0.05) is 18.9 Å². The van der Waals surface area contributed by atoms with E-state index in [1.807, 2.05) is 24.3 Å². The summed E-state index contributed by atoms with van der Waals surface area (Å²) in [5.74, 6) is 1.74. The molecule has 0 aromatic heterocycles. The van der Waals surface area contributed by atoms with Crippen LogP contribution in [-0.4, -0.2) is 38.3 Å². The molecule has 0 radical (unpaired) electrons. The highest BCUT2D eigenvalue weighted by Gasteiger charge is 2.08. The summed E-state index contributed by atoms with van der Waals surface area (Å²) in [6, 6.07) is 7.80. The maximum absolute atomic E-state index is 5.77. The average molecular weight is 286 g/mol. The van der Waals surface area contributed by atoms with Gasteiger partial charge in [-0.3, -0.25) is 4.90 Å². The highest BCUT2D eigenvalue weighted by Crippen LogP contribution is 2.18. The molecule has 0 aliphatic carbocycles. The summed E-state index contributed by atoms with van der Waals surface area (Å²) in [6.07, 6.45) is 5.43. The van der Waals surface area contributed by atoms with Crippen LogP contribution in [0.5, 0.6) is 11.5 Å². The summed E-state index contributed by atoms with van der Waals surface area (Å²) in [5, 5.41) is 0. The lowest BCUT2D eigenvalue weighted by molar-refractivity contribution is 0.213. The van der Waals surface area contributed by atoms with Crippen LogP contribution < -0.4 is 9.47 Å². The van der Waals surface area contributed by atoms with Crippen LogP contribution in [0.15, 0.2) is 24.3 Å². The Hall–Kier alpha value is -0.930. The minimum Gasteiger partial charge on any atom is -0.497 e. The molecule has 0 N–H and O–H groups in total. The van der Waals surface area contributed by atoms with Crippen LogP contribution >= 0.6 is 12.4 Å². The van der Waals surface area contributed by atoms with E-state index < -0.39 is 0 Å². The second-order valence-electron chi connectivity index (χ2n) is 4.78. The first-order valence-corrected chi connectivity index (χ1v) is 6.88. The van der Waals surface area contributed by atoms with Crippen LogP contribution in [0.1, 0.15) is 25.7 Å². The average Bonchev–Trinajstić information content (AvgIpc) is 2.68. The first kappa shape index (κ1) is 16.1. The van der Waals surface area contributed by atoms with Gasteiger partial charge in [0.2, 0.25) is 0 Å². The zero-order chi connectivity index (χ0) is 12.6. The van der Waals surface area contributed by atoms with E-state index in [1.54, 1.807) is 7.11 Å². The lowest BCUT2D eigenvalue weighted by atomic mass is 10.2. The molecule has 1 aromatic carbocycles. The van der Waals surface area contributed by atoms with Crippen LogP contribution in [0.25, 0.3) is 0 Å². The van der Waals surface area contributed by atoms with E-state index in [1.165, 1.54) is 38.8 Å². The molecule has 0 spiro atoms. The zero-order valence-corrected chi connectivity index (χ0v) is 12.5. The highest BCUT2D eigenvalue weighted by molar-refractivity contribution is 5.85. The normalized spacial score (nSPS) is 16.3. The van der Waals surface area contributed by atoms with Crippen molar-refractivity contribution in [3.63, 3.8) is 0 Å². The van der Waals surface area contributed by atoms with Crippen molar-refractivity contribution in [3.8, 4) is 11.5 Å². The third kappa shape index (κ3) is 5.70. The molecule has 0 unspecified atom stereocenters. The maximum atomic E-state index is 5.77. The van der Waals surface area contributed by atoms with Gasteiger partial charge in [0, 0.05) is 12.6 Å². The van der Waals surface area contributed by atoms with E-state index in [2.05, 4.69) is 4.90 Å². The van der Waals surface area contributed by atoms with E-state index in [-0.39, 0.29) is 12.4 Å². The lowest BCUT2D eigenvalue weighted by Crippen LogP contribution is -2.29. The van der Waals surface area contributed by atoms with Gasteiger partial charge in [-0.05, 0) is 38.1 Å². The van der Waals surface area contributed by atoms with Crippen LogP contribution in [-0.2, 0) is 0 Å². The van der Waals surface area contributed by atoms with E-state index >= 15 is 0 Å². The molecular weight excluding hydrogens is 262 g/mol. The molecule has 0 saturated carbocycles. The molecule has 1 aromatic rings.